The van der Waals surface area contributed by atoms with Crippen molar-refractivity contribution in [3.05, 3.63) is 83.1 Å². The molecule has 208 valence electrons. The summed E-state index contributed by atoms with van der Waals surface area (Å²) >= 11 is 6.39. The molecule has 0 spiro atoms. The minimum Gasteiger partial charge on any atom is -0.338 e. The molecule has 13 heteroatoms. The van der Waals surface area contributed by atoms with Crippen molar-refractivity contribution in [1.29, 1.82) is 0 Å². The number of aromatic nitrogens is 3. The number of benzene rings is 2. The molecular formula is C27H28ClN7O4S. The number of nitrogens with zero attached hydrogens (tertiary/aromatic N) is 4. The number of urea groups is 1. The standard InChI is InChI=1S/C27H28ClN7O4S/c1-2-29-27(37)33-40(38,39)23-17-31-35-24(32-22-11-7-6-10-21(22)28)20(16-30-25(23)35)26(36)34-14-12-19(13-15-34)18-8-4-3-5-9-18/h3-11,16-17,19,32H,2,12-15H2,1H3,(H2,29,33,37). The van der Waals surface area contributed by atoms with Crippen LogP contribution < -0.4 is 15.4 Å². The molecule has 40 heavy (non-hydrogen) atoms. The van der Waals surface area contributed by atoms with Gasteiger partial charge in [0.25, 0.3) is 15.9 Å². The summed E-state index contributed by atoms with van der Waals surface area (Å²) in [7, 11) is -4.31. The largest absolute Gasteiger partial charge is 0.338 e. The third kappa shape index (κ3) is 5.58. The summed E-state index contributed by atoms with van der Waals surface area (Å²) < 4.78 is 29.1. The van der Waals surface area contributed by atoms with Gasteiger partial charge in [0.15, 0.2) is 10.5 Å². The van der Waals surface area contributed by atoms with Crippen molar-refractivity contribution in [2.45, 2.75) is 30.6 Å². The van der Waals surface area contributed by atoms with Gasteiger partial charge in [-0.05, 0) is 43.4 Å². The van der Waals surface area contributed by atoms with Crippen molar-refractivity contribution in [1.82, 2.24) is 29.5 Å². The van der Waals surface area contributed by atoms with Gasteiger partial charge in [0.2, 0.25) is 0 Å². The molecule has 3 amide bonds. The van der Waals surface area contributed by atoms with Crippen LogP contribution in [0.5, 0.6) is 0 Å². The number of fused-ring (bicyclic) bond motifs is 1. The topological polar surface area (TPSA) is 138 Å². The number of nitrogens with one attached hydrogen (secondary N) is 3. The normalized spacial score (nSPS) is 14.2. The molecular weight excluding hydrogens is 554 g/mol. The second kappa shape index (κ2) is 11.5. The van der Waals surface area contributed by atoms with Gasteiger partial charge in [0.1, 0.15) is 11.4 Å². The van der Waals surface area contributed by atoms with Crippen LogP contribution in [0.15, 0.2) is 71.9 Å². The van der Waals surface area contributed by atoms with Crippen LogP contribution in [0.4, 0.5) is 16.3 Å². The average molecular weight is 582 g/mol. The average Bonchev–Trinajstić information content (AvgIpc) is 3.40. The molecule has 1 saturated heterocycles. The molecule has 1 fully saturated rings. The minimum atomic E-state index is -4.31. The summed E-state index contributed by atoms with van der Waals surface area (Å²) in [6.45, 7) is 3.01. The molecule has 0 atom stereocenters. The van der Waals surface area contributed by atoms with Crippen molar-refractivity contribution >= 4 is 50.7 Å². The van der Waals surface area contributed by atoms with Gasteiger partial charge in [0.05, 0.1) is 16.9 Å². The van der Waals surface area contributed by atoms with Crippen molar-refractivity contribution in [2.24, 2.45) is 0 Å². The predicted octanol–water partition coefficient (Wildman–Crippen LogP) is 4.15. The number of hydrogen-bond acceptors (Lipinski definition) is 7. The summed E-state index contributed by atoms with van der Waals surface area (Å²) in [6.07, 6.45) is 4.04. The van der Waals surface area contributed by atoms with Crippen molar-refractivity contribution in [2.75, 3.05) is 25.0 Å². The Morgan fingerprint density at radius 2 is 1.73 bits per heavy atom. The zero-order chi connectivity index (χ0) is 28.3. The molecule has 4 aromatic rings. The lowest BCUT2D eigenvalue weighted by Crippen LogP contribution is -2.39. The Kier molecular flexibility index (Phi) is 7.90. The van der Waals surface area contributed by atoms with E-state index in [2.05, 4.69) is 32.8 Å². The third-order valence-electron chi connectivity index (χ3n) is 6.76. The summed E-state index contributed by atoms with van der Waals surface area (Å²) in [4.78, 5) is 31.5. The molecule has 1 aliphatic rings. The molecule has 0 saturated carbocycles. The fourth-order valence-corrected chi connectivity index (χ4v) is 5.93. The predicted molar refractivity (Wildman–Crippen MR) is 151 cm³/mol. The molecule has 1 aliphatic heterocycles. The van der Waals surface area contributed by atoms with Crippen LogP contribution in [0.3, 0.4) is 0 Å². The SMILES string of the molecule is CCNC(=O)NS(=O)(=O)c1cnn2c(Nc3ccccc3Cl)c(C(=O)N3CCC(c4ccccc4)CC3)cnc12. The molecule has 5 rings (SSSR count). The molecule has 11 nitrogen and oxygen atoms in total. The van der Waals surface area contributed by atoms with Gasteiger partial charge in [0, 0.05) is 25.8 Å². The van der Waals surface area contributed by atoms with Crippen LogP contribution in [0, 0.1) is 0 Å². The van der Waals surface area contributed by atoms with Crippen molar-refractivity contribution < 1.29 is 18.0 Å². The van der Waals surface area contributed by atoms with Crippen LogP contribution in [-0.4, -0.2) is 59.5 Å². The quantitative estimate of drug-likeness (QED) is 0.298. The number of anilines is 2. The summed E-state index contributed by atoms with van der Waals surface area (Å²) in [5, 5.41) is 10.2. The number of amides is 3. The van der Waals surface area contributed by atoms with E-state index in [1.54, 1.807) is 36.1 Å². The van der Waals surface area contributed by atoms with Gasteiger partial charge < -0.3 is 15.5 Å². The van der Waals surface area contributed by atoms with E-state index in [0.29, 0.717) is 29.7 Å². The number of hydrogen-bond donors (Lipinski definition) is 3. The van der Waals surface area contributed by atoms with Gasteiger partial charge in [-0.25, -0.2) is 22.9 Å². The number of likely N-dealkylation sites (tertiary alicyclic amines) is 1. The maximum absolute atomic E-state index is 13.8. The molecule has 0 unspecified atom stereocenters. The van der Waals surface area contributed by atoms with Crippen LogP contribution >= 0.6 is 11.6 Å². The molecule has 0 aliphatic carbocycles. The number of halogens is 1. The molecule has 2 aromatic carbocycles. The van der Waals surface area contributed by atoms with Gasteiger partial charge in [-0.1, -0.05) is 54.1 Å². The third-order valence-corrected chi connectivity index (χ3v) is 8.41. The van der Waals surface area contributed by atoms with E-state index in [4.69, 9.17) is 11.6 Å². The second-order valence-electron chi connectivity index (χ2n) is 9.31. The Hall–Kier alpha value is -4.16. The molecule has 3 N–H and O–H groups in total. The maximum atomic E-state index is 13.8. The highest BCUT2D eigenvalue weighted by Crippen LogP contribution is 2.32. The molecule has 0 bridgehead atoms. The maximum Gasteiger partial charge on any atom is 0.328 e. The highest BCUT2D eigenvalue weighted by molar-refractivity contribution is 7.90. The van der Waals surface area contributed by atoms with E-state index in [-0.39, 0.29) is 34.4 Å². The number of carbonyl (C=O) groups excluding carboxylic acids is 2. The van der Waals surface area contributed by atoms with E-state index in [1.165, 1.54) is 16.3 Å². The van der Waals surface area contributed by atoms with Crippen molar-refractivity contribution in [3.63, 3.8) is 0 Å². The highest BCUT2D eigenvalue weighted by atomic mass is 35.5. The Morgan fingerprint density at radius 1 is 1.02 bits per heavy atom. The Labute approximate surface area is 236 Å². The number of sulfonamides is 1. The van der Waals surface area contributed by atoms with E-state index in [0.717, 1.165) is 19.0 Å². The smallest absolute Gasteiger partial charge is 0.328 e. The number of para-hydroxylation sites is 1. The van der Waals surface area contributed by atoms with E-state index < -0.39 is 16.1 Å². The first-order chi connectivity index (χ1) is 19.3. The molecule has 3 heterocycles. The number of rotatable bonds is 7. The Morgan fingerprint density at radius 3 is 2.42 bits per heavy atom. The second-order valence-corrected chi connectivity index (χ2v) is 11.4. The summed E-state index contributed by atoms with van der Waals surface area (Å²) in [5.41, 5.74) is 1.89. The Bertz CT molecular complexity index is 1650. The van der Waals surface area contributed by atoms with Gasteiger partial charge in [-0.2, -0.15) is 9.61 Å². The molecule has 0 radical (unpaired) electrons. The van der Waals surface area contributed by atoms with E-state index >= 15 is 0 Å². The van der Waals surface area contributed by atoms with Crippen LogP contribution in [0.2, 0.25) is 5.02 Å². The zero-order valence-electron chi connectivity index (χ0n) is 21.7. The molecule has 2 aromatic heterocycles. The first-order valence-corrected chi connectivity index (χ1v) is 14.7. The monoisotopic (exact) mass is 581 g/mol. The van der Waals surface area contributed by atoms with Crippen LogP contribution in [0.1, 0.15) is 41.6 Å². The van der Waals surface area contributed by atoms with E-state index in [1.807, 2.05) is 22.9 Å². The summed E-state index contributed by atoms with van der Waals surface area (Å²) in [5.74, 6) is 0.298. The van der Waals surface area contributed by atoms with Gasteiger partial charge in [-0.15, -0.1) is 0 Å². The fraction of sp³-hybridized carbons (Fsp3) is 0.259. The van der Waals surface area contributed by atoms with Gasteiger partial charge in [-0.3, -0.25) is 4.79 Å². The zero-order valence-corrected chi connectivity index (χ0v) is 23.2. The number of carbonyl (C=O) groups is 2. The van der Waals surface area contributed by atoms with E-state index in [9.17, 15) is 18.0 Å². The fourth-order valence-electron chi connectivity index (χ4n) is 4.75. The highest BCUT2D eigenvalue weighted by Gasteiger charge is 2.30. The van der Waals surface area contributed by atoms with Crippen LogP contribution in [-0.2, 0) is 10.0 Å². The van der Waals surface area contributed by atoms with Crippen LogP contribution in [0.25, 0.3) is 5.65 Å². The lowest BCUT2D eigenvalue weighted by molar-refractivity contribution is 0.0713. The number of piperidine rings is 1. The summed E-state index contributed by atoms with van der Waals surface area (Å²) in [6, 6.07) is 16.3. The lowest BCUT2D eigenvalue weighted by atomic mass is 9.89. The minimum absolute atomic E-state index is 0.0642. The van der Waals surface area contributed by atoms with Gasteiger partial charge >= 0.3 is 6.03 Å². The Balaban J connectivity index is 1.50. The lowest BCUT2D eigenvalue weighted by Gasteiger charge is -2.32. The first kappa shape index (κ1) is 27.4. The first-order valence-electron chi connectivity index (χ1n) is 12.8. The van der Waals surface area contributed by atoms with Crippen molar-refractivity contribution in [3.8, 4) is 0 Å².